The summed E-state index contributed by atoms with van der Waals surface area (Å²) in [7, 11) is 0. The molecule has 2 aromatic rings. The summed E-state index contributed by atoms with van der Waals surface area (Å²) in [6, 6.07) is 4.30. The third kappa shape index (κ3) is 1.44. The fourth-order valence-electron chi connectivity index (χ4n) is 1.44. The summed E-state index contributed by atoms with van der Waals surface area (Å²) >= 11 is 4.09. The average molecular weight is 303 g/mol. The van der Waals surface area contributed by atoms with E-state index in [9.17, 15) is 0 Å². The van der Waals surface area contributed by atoms with Gasteiger partial charge in [0.15, 0.2) is 0 Å². The molecule has 0 unspecified atom stereocenters. The summed E-state index contributed by atoms with van der Waals surface area (Å²) in [5, 5.41) is 3.45. The first-order valence-electron chi connectivity index (χ1n) is 4.18. The number of nitrogens with two attached hydrogens (primary N) is 1. The molecule has 0 aliphatic carbocycles. The van der Waals surface area contributed by atoms with Crippen molar-refractivity contribution in [1.82, 2.24) is 0 Å². The minimum absolute atomic E-state index is 0.966. The number of fused-ring (bicyclic) bond motifs is 1. The molecule has 0 radical (unpaired) electrons. The first-order chi connectivity index (χ1) is 6.24. The monoisotopic (exact) mass is 303 g/mol. The predicted octanol–water partition coefficient (Wildman–Crippen LogP) is 3.65. The Hall–Kier alpha value is -0.290. The molecule has 0 spiro atoms. The molecule has 3 heteroatoms. The second kappa shape index (κ2) is 3.46. The van der Waals surface area contributed by atoms with Crippen molar-refractivity contribution < 1.29 is 0 Å². The van der Waals surface area contributed by atoms with Crippen molar-refractivity contribution in [3.63, 3.8) is 0 Å². The van der Waals surface area contributed by atoms with Crippen LogP contribution in [0.4, 0.5) is 5.69 Å². The van der Waals surface area contributed by atoms with Crippen LogP contribution in [0.25, 0.3) is 10.1 Å². The Labute approximate surface area is 95.1 Å². The standard InChI is InChI=1S/C10H10INS/c1-2-6-3-4-7-8(11)5-13-10(7)9(6)12/h3-5H,2,12H2,1H3. The third-order valence-corrected chi connectivity index (χ3v) is 4.55. The molecule has 0 fully saturated rings. The number of anilines is 1. The number of rotatable bonds is 1. The lowest BCUT2D eigenvalue weighted by atomic mass is 10.1. The van der Waals surface area contributed by atoms with E-state index in [0.717, 1.165) is 12.1 Å². The van der Waals surface area contributed by atoms with Crippen LogP contribution in [0, 0.1) is 3.57 Å². The molecule has 68 valence electrons. The van der Waals surface area contributed by atoms with E-state index in [2.05, 4.69) is 47.0 Å². The van der Waals surface area contributed by atoms with Crippen molar-refractivity contribution in [2.45, 2.75) is 13.3 Å². The van der Waals surface area contributed by atoms with Crippen LogP contribution in [0.3, 0.4) is 0 Å². The molecule has 0 saturated heterocycles. The van der Waals surface area contributed by atoms with Crippen molar-refractivity contribution in [2.24, 2.45) is 0 Å². The first kappa shape index (κ1) is 9.27. The lowest BCUT2D eigenvalue weighted by Crippen LogP contribution is -1.92. The fraction of sp³-hybridized carbons (Fsp3) is 0.200. The van der Waals surface area contributed by atoms with Crippen molar-refractivity contribution in [2.75, 3.05) is 5.73 Å². The van der Waals surface area contributed by atoms with Crippen LogP contribution in [0.15, 0.2) is 17.5 Å². The summed E-state index contributed by atoms with van der Waals surface area (Å²) in [6.07, 6.45) is 1.01. The summed E-state index contributed by atoms with van der Waals surface area (Å²) < 4.78 is 2.54. The average Bonchev–Trinajstić information content (AvgIpc) is 2.50. The second-order valence-corrected chi connectivity index (χ2v) is 4.99. The van der Waals surface area contributed by atoms with Gasteiger partial charge >= 0.3 is 0 Å². The van der Waals surface area contributed by atoms with Crippen molar-refractivity contribution in [1.29, 1.82) is 0 Å². The van der Waals surface area contributed by atoms with Gasteiger partial charge in [-0.2, -0.15) is 0 Å². The largest absolute Gasteiger partial charge is 0.397 e. The van der Waals surface area contributed by atoms with Crippen LogP contribution >= 0.6 is 33.9 Å². The van der Waals surface area contributed by atoms with Crippen molar-refractivity contribution in [3.05, 3.63) is 26.6 Å². The van der Waals surface area contributed by atoms with E-state index in [1.54, 1.807) is 11.3 Å². The van der Waals surface area contributed by atoms with Gasteiger partial charge in [0.2, 0.25) is 0 Å². The molecular formula is C10H10INS. The lowest BCUT2D eigenvalue weighted by molar-refractivity contribution is 1.15. The molecule has 13 heavy (non-hydrogen) atoms. The van der Waals surface area contributed by atoms with E-state index >= 15 is 0 Å². The molecule has 1 aromatic heterocycles. The van der Waals surface area contributed by atoms with Crippen LogP contribution < -0.4 is 5.73 Å². The molecule has 1 heterocycles. The summed E-state index contributed by atoms with van der Waals surface area (Å²) in [4.78, 5) is 0. The summed E-state index contributed by atoms with van der Waals surface area (Å²) in [6.45, 7) is 2.14. The van der Waals surface area contributed by atoms with Crippen LogP contribution in [0.1, 0.15) is 12.5 Å². The van der Waals surface area contributed by atoms with Crippen molar-refractivity contribution in [3.8, 4) is 0 Å². The van der Waals surface area contributed by atoms with Gasteiger partial charge in [-0.25, -0.2) is 0 Å². The van der Waals surface area contributed by atoms with Gasteiger partial charge in [0, 0.05) is 14.3 Å². The molecule has 0 atom stereocenters. The van der Waals surface area contributed by atoms with Crippen LogP contribution in [-0.4, -0.2) is 0 Å². The zero-order valence-corrected chi connectivity index (χ0v) is 10.3. The van der Waals surface area contributed by atoms with Gasteiger partial charge in [-0.1, -0.05) is 19.1 Å². The summed E-state index contributed by atoms with van der Waals surface area (Å²) in [5.74, 6) is 0. The topological polar surface area (TPSA) is 26.0 Å². The maximum absolute atomic E-state index is 6.05. The molecule has 1 nitrogen and oxygen atoms in total. The SMILES string of the molecule is CCc1ccc2c(I)csc2c1N. The zero-order valence-electron chi connectivity index (χ0n) is 7.30. The van der Waals surface area contributed by atoms with E-state index in [1.165, 1.54) is 19.2 Å². The van der Waals surface area contributed by atoms with Gasteiger partial charge in [0.1, 0.15) is 0 Å². The third-order valence-electron chi connectivity index (χ3n) is 2.20. The highest BCUT2D eigenvalue weighted by molar-refractivity contribution is 14.1. The Kier molecular flexibility index (Phi) is 2.47. The molecule has 0 bridgehead atoms. The van der Waals surface area contributed by atoms with Crippen LogP contribution in [0.5, 0.6) is 0 Å². The number of nitrogen functional groups attached to an aromatic ring is 1. The van der Waals surface area contributed by atoms with E-state index in [-0.39, 0.29) is 0 Å². The van der Waals surface area contributed by atoms with Gasteiger partial charge < -0.3 is 5.73 Å². The minimum Gasteiger partial charge on any atom is -0.397 e. The number of hydrogen-bond donors (Lipinski definition) is 1. The van der Waals surface area contributed by atoms with E-state index < -0.39 is 0 Å². The Morgan fingerprint density at radius 2 is 2.23 bits per heavy atom. The zero-order chi connectivity index (χ0) is 9.42. The highest BCUT2D eigenvalue weighted by Gasteiger charge is 2.06. The Morgan fingerprint density at radius 3 is 2.92 bits per heavy atom. The Morgan fingerprint density at radius 1 is 1.46 bits per heavy atom. The first-order valence-corrected chi connectivity index (χ1v) is 6.14. The lowest BCUT2D eigenvalue weighted by Gasteiger charge is -2.03. The molecule has 0 aliphatic rings. The second-order valence-electron chi connectivity index (χ2n) is 2.95. The number of halogens is 1. The fourth-order valence-corrected chi connectivity index (χ4v) is 3.36. The smallest absolute Gasteiger partial charge is 0.0586 e. The molecule has 0 saturated carbocycles. The number of hydrogen-bond acceptors (Lipinski definition) is 2. The summed E-state index contributed by atoms with van der Waals surface area (Å²) in [5.41, 5.74) is 8.27. The van der Waals surface area contributed by atoms with Gasteiger partial charge in [0.05, 0.1) is 10.4 Å². The number of benzene rings is 1. The Balaban J connectivity index is 2.80. The maximum Gasteiger partial charge on any atom is 0.0586 e. The van der Waals surface area contributed by atoms with Gasteiger partial charge in [-0.05, 0) is 34.6 Å². The quantitative estimate of drug-likeness (QED) is 0.631. The molecule has 2 rings (SSSR count). The maximum atomic E-state index is 6.05. The molecule has 0 amide bonds. The molecule has 0 aliphatic heterocycles. The molecular weight excluding hydrogens is 293 g/mol. The molecule has 1 aromatic carbocycles. The van der Waals surface area contributed by atoms with E-state index in [4.69, 9.17) is 5.73 Å². The number of thiophene rings is 1. The van der Waals surface area contributed by atoms with Gasteiger partial charge in [-0.15, -0.1) is 11.3 Å². The van der Waals surface area contributed by atoms with Crippen LogP contribution in [-0.2, 0) is 6.42 Å². The van der Waals surface area contributed by atoms with Crippen LogP contribution in [0.2, 0.25) is 0 Å². The van der Waals surface area contributed by atoms with Gasteiger partial charge in [-0.3, -0.25) is 0 Å². The number of aryl methyl sites for hydroxylation is 1. The van der Waals surface area contributed by atoms with Crippen molar-refractivity contribution >= 4 is 49.7 Å². The predicted molar refractivity (Wildman–Crippen MR) is 68.3 cm³/mol. The highest BCUT2D eigenvalue weighted by atomic mass is 127. The normalized spacial score (nSPS) is 10.9. The van der Waals surface area contributed by atoms with E-state index in [1.807, 2.05) is 0 Å². The van der Waals surface area contributed by atoms with Gasteiger partial charge in [0.25, 0.3) is 0 Å². The Bertz CT molecular complexity index is 447. The molecule has 2 N–H and O–H groups in total. The highest BCUT2D eigenvalue weighted by Crippen LogP contribution is 2.33. The van der Waals surface area contributed by atoms with E-state index in [0.29, 0.717) is 0 Å². The minimum atomic E-state index is 0.966.